The minimum atomic E-state index is -0.750. The van der Waals surface area contributed by atoms with E-state index in [0.29, 0.717) is 17.3 Å². The molecule has 114 valence electrons. The molecule has 6 heteroatoms. The molecule has 0 bridgehead atoms. The summed E-state index contributed by atoms with van der Waals surface area (Å²) < 4.78 is 0. The summed E-state index contributed by atoms with van der Waals surface area (Å²) in [5.41, 5.74) is 0.940. The third-order valence-electron chi connectivity index (χ3n) is 3.53. The number of benzene rings is 1. The van der Waals surface area contributed by atoms with Crippen LogP contribution in [0.1, 0.15) is 24.8 Å². The number of carboxylic acids is 1. The molecular formula is C15H18ClNO3S. The number of rotatable bonds is 8. The summed E-state index contributed by atoms with van der Waals surface area (Å²) in [6.45, 7) is 0.483. The molecule has 4 nitrogen and oxygen atoms in total. The molecule has 1 aliphatic rings. The van der Waals surface area contributed by atoms with E-state index in [0.717, 1.165) is 24.2 Å². The number of thioether (sulfide) groups is 1. The molecule has 21 heavy (non-hydrogen) atoms. The standard InChI is InChI=1S/C15H18ClNO3S/c16-12-3-1-11(2-4-12)8-17-13(18)9-21-10-15(5-6-15)7-14(19)20/h1-4H,5-10H2,(H,17,18)(H,19,20). The topological polar surface area (TPSA) is 66.4 Å². The van der Waals surface area contributed by atoms with Crippen LogP contribution in [0, 0.1) is 5.41 Å². The van der Waals surface area contributed by atoms with Crippen molar-refractivity contribution in [3.8, 4) is 0 Å². The molecule has 0 spiro atoms. The zero-order valence-electron chi connectivity index (χ0n) is 11.6. The summed E-state index contributed by atoms with van der Waals surface area (Å²) >= 11 is 7.31. The highest BCUT2D eigenvalue weighted by atomic mass is 35.5. The lowest BCUT2D eigenvalue weighted by Crippen LogP contribution is -2.25. The van der Waals surface area contributed by atoms with E-state index in [2.05, 4.69) is 5.32 Å². The Kier molecular flexibility index (Phi) is 5.53. The van der Waals surface area contributed by atoms with Crippen molar-refractivity contribution in [2.75, 3.05) is 11.5 Å². The van der Waals surface area contributed by atoms with E-state index < -0.39 is 5.97 Å². The van der Waals surface area contributed by atoms with Crippen LogP contribution < -0.4 is 5.32 Å². The molecule has 0 aromatic heterocycles. The van der Waals surface area contributed by atoms with Crippen molar-refractivity contribution in [3.63, 3.8) is 0 Å². The molecule has 0 saturated heterocycles. The Bertz CT molecular complexity index is 514. The van der Waals surface area contributed by atoms with E-state index in [-0.39, 0.29) is 17.7 Å². The van der Waals surface area contributed by atoms with Crippen molar-refractivity contribution in [3.05, 3.63) is 34.9 Å². The van der Waals surface area contributed by atoms with Crippen molar-refractivity contribution in [2.24, 2.45) is 5.41 Å². The predicted molar refractivity (Wildman–Crippen MR) is 84.5 cm³/mol. The highest BCUT2D eigenvalue weighted by molar-refractivity contribution is 7.99. The molecule has 1 saturated carbocycles. The van der Waals surface area contributed by atoms with Crippen LogP contribution in [-0.2, 0) is 16.1 Å². The van der Waals surface area contributed by atoms with Crippen LogP contribution in [0.25, 0.3) is 0 Å². The Morgan fingerprint density at radius 2 is 1.95 bits per heavy atom. The molecule has 1 aromatic rings. The lowest BCUT2D eigenvalue weighted by Gasteiger charge is -2.11. The van der Waals surface area contributed by atoms with E-state index in [4.69, 9.17) is 16.7 Å². The van der Waals surface area contributed by atoms with Crippen LogP contribution in [0.3, 0.4) is 0 Å². The smallest absolute Gasteiger partial charge is 0.303 e. The number of carbonyl (C=O) groups is 2. The van der Waals surface area contributed by atoms with Crippen LogP contribution in [0.2, 0.25) is 5.02 Å². The van der Waals surface area contributed by atoms with Gasteiger partial charge in [-0.2, -0.15) is 11.8 Å². The fourth-order valence-electron chi connectivity index (χ4n) is 2.08. The van der Waals surface area contributed by atoms with Crippen molar-refractivity contribution in [2.45, 2.75) is 25.8 Å². The van der Waals surface area contributed by atoms with Gasteiger partial charge in [0.05, 0.1) is 12.2 Å². The maximum absolute atomic E-state index is 11.7. The summed E-state index contributed by atoms with van der Waals surface area (Å²) in [6, 6.07) is 7.34. The van der Waals surface area contributed by atoms with E-state index in [1.54, 1.807) is 12.1 Å². The Morgan fingerprint density at radius 1 is 1.29 bits per heavy atom. The van der Waals surface area contributed by atoms with E-state index in [1.165, 1.54) is 11.8 Å². The number of halogens is 1. The Balaban J connectivity index is 1.64. The first-order valence-electron chi connectivity index (χ1n) is 6.80. The molecular weight excluding hydrogens is 310 g/mol. The van der Waals surface area contributed by atoms with Crippen LogP contribution in [0.4, 0.5) is 0 Å². The molecule has 0 heterocycles. The number of nitrogens with one attached hydrogen (secondary N) is 1. The Morgan fingerprint density at radius 3 is 2.52 bits per heavy atom. The van der Waals surface area contributed by atoms with Crippen LogP contribution in [0.15, 0.2) is 24.3 Å². The third kappa shape index (κ3) is 5.59. The average molecular weight is 328 g/mol. The highest BCUT2D eigenvalue weighted by Crippen LogP contribution is 2.50. The average Bonchev–Trinajstić information content (AvgIpc) is 3.17. The second kappa shape index (κ2) is 7.18. The molecule has 0 aliphatic heterocycles. The van der Waals surface area contributed by atoms with E-state index >= 15 is 0 Å². The van der Waals surface area contributed by atoms with Crippen LogP contribution >= 0.6 is 23.4 Å². The predicted octanol–water partition coefficient (Wildman–Crippen LogP) is 2.94. The molecule has 1 aliphatic carbocycles. The zero-order chi connectivity index (χ0) is 15.3. The summed E-state index contributed by atoms with van der Waals surface area (Å²) in [5, 5.41) is 12.4. The maximum atomic E-state index is 11.7. The molecule has 0 radical (unpaired) electrons. The first kappa shape index (κ1) is 16.2. The largest absolute Gasteiger partial charge is 0.481 e. The van der Waals surface area contributed by atoms with Crippen LogP contribution in [0.5, 0.6) is 0 Å². The fourth-order valence-corrected chi connectivity index (χ4v) is 3.42. The zero-order valence-corrected chi connectivity index (χ0v) is 13.2. The molecule has 1 fully saturated rings. The van der Waals surface area contributed by atoms with Gasteiger partial charge in [0.2, 0.25) is 5.91 Å². The van der Waals surface area contributed by atoms with Gasteiger partial charge < -0.3 is 10.4 Å². The van der Waals surface area contributed by atoms with Gasteiger partial charge in [-0.25, -0.2) is 0 Å². The van der Waals surface area contributed by atoms with Gasteiger partial charge >= 0.3 is 5.97 Å². The minimum Gasteiger partial charge on any atom is -0.481 e. The Labute approximate surface area is 133 Å². The van der Waals surface area contributed by atoms with Gasteiger partial charge in [-0.1, -0.05) is 23.7 Å². The third-order valence-corrected chi connectivity index (χ3v) is 5.06. The van der Waals surface area contributed by atoms with Gasteiger partial charge in [-0.3, -0.25) is 9.59 Å². The Hall–Kier alpha value is -1.20. The SMILES string of the molecule is O=C(O)CC1(CSCC(=O)NCc2ccc(Cl)cc2)CC1. The number of aliphatic carboxylic acids is 1. The maximum Gasteiger partial charge on any atom is 0.303 e. The van der Waals surface area contributed by atoms with E-state index in [9.17, 15) is 9.59 Å². The molecule has 1 aromatic carbocycles. The van der Waals surface area contributed by atoms with Gasteiger partial charge in [-0.05, 0) is 41.7 Å². The van der Waals surface area contributed by atoms with Gasteiger partial charge in [-0.15, -0.1) is 0 Å². The molecule has 1 amide bonds. The quantitative estimate of drug-likeness (QED) is 0.770. The normalized spacial score (nSPS) is 15.5. The van der Waals surface area contributed by atoms with Gasteiger partial charge in [0.25, 0.3) is 0 Å². The lowest BCUT2D eigenvalue weighted by atomic mass is 10.1. The summed E-state index contributed by atoms with van der Waals surface area (Å²) in [5.74, 6) is 0.337. The summed E-state index contributed by atoms with van der Waals surface area (Å²) in [6.07, 6.45) is 2.13. The number of carboxylic acid groups (broad SMARTS) is 1. The van der Waals surface area contributed by atoms with Crippen molar-refractivity contribution in [1.82, 2.24) is 5.32 Å². The molecule has 2 N–H and O–H groups in total. The van der Waals surface area contributed by atoms with Crippen molar-refractivity contribution < 1.29 is 14.7 Å². The molecule has 0 atom stereocenters. The highest BCUT2D eigenvalue weighted by Gasteiger charge is 2.44. The van der Waals surface area contributed by atoms with Crippen molar-refractivity contribution in [1.29, 1.82) is 0 Å². The monoisotopic (exact) mass is 327 g/mol. The number of carbonyl (C=O) groups excluding carboxylic acids is 1. The van der Waals surface area contributed by atoms with Crippen molar-refractivity contribution >= 4 is 35.2 Å². The molecule has 0 unspecified atom stereocenters. The second-order valence-electron chi connectivity index (χ2n) is 5.47. The van der Waals surface area contributed by atoms with Gasteiger partial charge in [0.15, 0.2) is 0 Å². The minimum absolute atomic E-state index is 0.0268. The lowest BCUT2D eigenvalue weighted by molar-refractivity contribution is -0.138. The molecule has 2 rings (SSSR count). The summed E-state index contributed by atoms with van der Waals surface area (Å²) in [7, 11) is 0. The first-order valence-corrected chi connectivity index (χ1v) is 8.33. The van der Waals surface area contributed by atoms with E-state index in [1.807, 2.05) is 12.1 Å². The first-order chi connectivity index (χ1) is 9.99. The number of hydrogen-bond acceptors (Lipinski definition) is 3. The van der Waals surface area contributed by atoms with Gasteiger partial charge in [0, 0.05) is 11.6 Å². The summed E-state index contributed by atoms with van der Waals surface area (Å²) in [4.78, 5) is 22.5. The second-order valence-corrected chi connectivity index (χ2v) is 6.89. The fraction of sp³-hybridized carbons (Fsp3) is 0.467. The van der Waals surface area contributed by atoms with Gasteiger partial charge in [0.1, 0.15) is 0 Å². The number of amides is 1. The van der Waals surface area contributed by atoms with Crippen LogP contribution in [-0.4, -0.2) is 28.5 Å². The number of hydrogen-bond donors (Lipinski definition) is 2.